The Morgan fingerprint density at radius 2 is 2.06 bits per heavy atom. The van der Waals surface area contributed by atoms with Crippen molar-refractivity contribution in [1.82, 2.24) is 9.88 Å². The lowest BCUT2D eigenvalue weighted by molar-refractivity contribution is -0.136. The first-order chi connectivity index (χ1) is 7.97. The Morgan fingerprint density at radius 3 is 2.53 bits per heavy atom. The van der Waals surface area contributed by atoms with Crippen molar-refractivity contribution < 1.29 is 14.7 Å². The minimum Gasteiger partial charge on any atom is -0.481 e. The highest BCUT2D eigenvalue weighted by atomic mass is 16.4. The van der Waals surface area contributed by atoms with Gasteiger partial charge in [0.15, 0.2) is 0 Å². The number of hydrogen-bond acceptors (Lipinski definition) is 2. The summed E-state index contributed by atoms with van der Waals surface area (Å²) in [7, 11) is 0. The van der Waals surface area contributed by atoms with Gasteiger partial charge in [-0.15, -0.1) is 0 Å². The molecule has 1 aromatic rings. The minimum absolute atomic E-state index is 0.0573. The highest BCUT2D eigenvalue weighted by Crippen LogP contribution is 2.14. The number of aliphatic carboxylic acids is 1. The van der Waals surface area contributed by atoms with Crippen LogP contribution in [0.15, 0.2) is 6.07 Å². The molecular weight excluding hydrogens is 220 g/mol. The number of rotatable bonds is 5. The van der Waals surface area contributed by atoms with Gasteiger partial charge in [0.1, 0.15) is 0 Å². The van der Waals surface area contributed by atoms with Crippen molar-refractivity contribution >= 4 is 11.9 Å². The van der Waals surface area contributed by atoms with Crippen molar-refractivity contribution in [3.63, 3.8) is 0 Å². The monoisotopic (exact) mass is 238 g/mol. The molecule has 94 valence electrons. The molecule has 0 atom stereocenters. The van der Waals surface area contributed by atoms with Crippen LogP contribution < -0.4 is 5.32 Å². The molecule has 1 amide bonds. The molecule has 0 aromatic carbocycles. The van der Waals surface area contributed by atoms with Crippen molar-refractivity contribution in [3.8, 4) is 0 Å². The number of carbonyl (C=O) groups is 2. The van der Waals surface area contributed by atoms with Crippen LogP contribution in [0.25, 0.3) is 0 Å². The predicted octanol–water partition coefficient (Wildman–Crippen LogP) is 1.33. The van der Waals surface area contributed by atoms with E-state index in [9.17, 15) is 9.59 Å². The Morgan fingerprint density at radius 1 is 1.41 bits per heavy atom. The van der Waals surface area contributed by atoms with Gasteiger partial charge < -0.3 is 15.0 Å². The maximum atomic E-state index is 11.8. The third-order valence-electron chi connectivity index (χ3n) is 2.76. The zero-order valence-corrected chi connectivity index (χ0v) is 10.4. The minimum atomic E-state index is -0.913. The number of nitrogens with zero attached hydrogens (tertiary/aromatic N) is 1. The van der Waals surface area contributed by atoms with Crippen LogP contribution in [0.1, 0.15) is 35.1 Å². The molecule has 0 aliphatic carbocycles. The maximum Gasteiger partial charge on any atom is 0.305 e. The van der Waals surface area contributed by atoms with Crippen LogP contribution >= 0.6 is 0 Å². The van der Waals surface area contributed by atoms with Crippen molar-refractivity contribution in [2.45, 2.75) is 33.7 Å². The Kier molecular flexibility index (Phi) is 4.31. The Bertz CT molecular complexity index is 435. The zero-order valence-electron chi connectivity index (χ0n) is 10.4. The van der Waals surface area contributed by atoms with Gasteiger partial charge in [-0.1, -0.05) is 0 Å². The van der Waals surface area contributed by atoms with Gasteiger partial charge in [0.2, 0.25) is 0 Å². The number of carboxylic acid groups (broad SMARTS) is 1. The Hall–Kier alpha value is -1.78. The fourth-order valence-corrected chi connectivity index (χ4v) is 1.90. The molecule has 17 heavy (non-hydrogen) atoms. The first kappa shape index (κ1) is 13.3. The van der Waals surface area contributed by atoms with Gasteiger partial charge in [0.05, 0.1) is 12.0 Å². The smallest absolute Gasteiger partial charge is 0.305 e. The van der Waals surface area contributed by atoms with Crippen LogP contribution in [0.5, 0.6) is 0 Å². The van der Waals surface area contributed by atoms with Crippen molar-refractivity contribution in [1.29, 1.82) is 0 Å². The van der Waals surface area contributed by atoms with Crippen LogP contribution in [0, 0.1) is 13.8 Å². The highest BCUT2D eigenvalue weighted by molar-refractivity contribution is 5.95. The van der Waals surface area contributed by atoms with E-state index in [1.807, 2.05) is 31.4 Å². The number of carbonyl (C=O) groups excluding carboxylic acids is 1. The lowest BCUT2D eigenvalue weighted by Gasteiger charge is -2.06. The van der Waals surface area contributed by atoms with Crippen LogP contribution in [0.2, 0.25) is 0 Å². The van der Waals surface area contributed by atoms with Crippen molar-refractivity contribution in [3.05, 3.63) is 23.0 Å². The fourth-order valence-electron chi connectivity index (χ4n) is 1.90. The molecule has 1 heterocycles. The van der Waals surface area contributed by atoms with E-state index < -0.39 is 5.97 Å². The number of nitrogens with one attached hydrogen (secondary N) is 1. The van der Waals surface area contributed by atoms with Crippen LogP contribution in [0.3, 0.4) is 0 Å². The largest absolute Gasteiger partial charge is 0.481 e. The summed E-state index contributed by atoms with van der Waals surface area (Å²) >= 11 is 0. The first-order valence-electron chi connectivity index (χ1n) is 5.64. The van der Waals surface area contributed by atoms with Crippen LogP contribution in [-0.2, 0) is 11.3 Å². The Balaban J connectivity index is 2.72. The molecule has 5 heteroatoms. The second-order valence-corrected chi connectivity index (χ2v) is 3.93. The summed E-state index contributed by atoms with van der Waals surface area (Å²) in [4.78, 5) is 22.1. The van der Waals surface area contributed by atoms with Gasteiger partial charge in [-0.05, 0) is 26.8 Å². The topological polar surface area (TPSA) is 71.3 Å². The van der Waals surface area contributed by atoms with E-state index in [-0.39, 0.29) is 18.9 Å². The van der Waals surface area contributed by atoms with Crippen LogP contribution in [0.4, 0.5) is 0 Å². The molecular formula is C12H18N2O3. The normalized spacial score (nSPS) is 10.3. The maximum absolute atomic E-state index is 11.8. The number of aryl methyl sites for hydroxylation is 1. The van der Waals surface area contributed by atoms with E-state index in [0.717, 1.165) is 17.9 Å². The first-order valence-corrected chi connectivity index (χ1v) is 5.64. The molecule has 0 saturated carbocycles. The molecule has 0 aliphatic rings. The molecule has 0 radical (unpaired) electrons. The molecule has 0 spiro atoms. The number of hydrogen-bond donors (Lipinski definition) is 2. The van der Waals surface area contributed by atoms with Gasteiger partial charge in [0.25, 0.3) is 5.91 Å². The summed E-state index contributed by atoms with van der Waals surface area (Å²) in [6, 6.07) is 1.83. The SMILES string of the molecule is CCn1c(C)cc(C(=O)NCCC(=O)O)c1C. The van der Waals surface area contributed by atoms with E-state index in [1.54, 1.807) is 0 Å². The molecule has 1 aromatic heterocycles. The third kappa shape index (κ3) is 3.09. The summed E-state index contributed by atoms with van der Waals surface area (Å²) in [6.45, 7) is 6.84. The quantitative estimate of drug-likeness (QED) is 0.813. The van der Waals surface area contributed by atoms with Crippen molar-refractivity contribution in [2.75, 3.05) is 6.54 Å². The average molecular weight is 238 g/mol. The summed E-state index contributed by atoms with van der Waals surface area (Å²) in [5.74, 6) is -1.12. The average Bonchev–Trinajstić information content (AvgIpc) is 2.53. The van der Waals surface area contributed by atoms with E-state index in [1.165, 1.54) is 0 Å². The van der Waals surface area contributed by atoms with Gasteiger partial charge in [-0.25, -0.2) is 0 Å². The molecule has 0 saturated heterocycles. The fraction of sp³-hybridized carbons (Fsp3) is 0.500. The summed E-state index contributed by atoms with van der Waals surface area (Å²) < 4.78 is 2.05. The number of carboxylic acids is 1. The molecule has 0 aliphatic heterocycles. The lowest BCUT2D eigenvalue weighted by atomic mass is 10.2. The van der Waals surface area contributed by atoms with Gasteiger partial charge in [-0.2, -0.15) is 0 Å². The summed E-state index contributed by atoms with van der Waals surface area (Å²) in [5, 5.41) is 11.1. The van der Waals surface area contributed by atoms with Crippen LogP contribution in [-0.4, -0.2) is 28.1 Å². The van der Waals surface area contributed by atoms with Gasteiger partial charge >= 0.3 is 5.97 Å². The zero-order chi connectivity index (χ0) is 13.0. The number of amides is 1. The van der Waals surface area contributed by atoms with Crippen molar-refractivity contribution in [2.24, 2.45) is 0 Å². The van der Waals surface area contributed by atoms with E-state index >= 15 is 0 Å². The summed E-state index contributed by atoms with van der Waals surface area (Å²) in [6.07, 6.45) is -0.0573. The molecule has 5 nitrogen and oxygen atoms in total. The Labute approximate surface area is 100 Å². The van der Waals surface area contributed by atoms with E-state index in [4.69, 9.17) is 5.11 Å². The molecule has 1 rings (SSSR count). The van der Waals surface area contributed by atoms with E-state index in [2.05, 4.69) is 5.32 Å². The summed E-state index contributed by atoms with van der Waals surface area (Å²) in [5.41, 5.74) is 2.57. The lowest BCUT2D eigenvalue weighted by Crippen LogP contribution is -2.26. The number of aromatic nitrogens is 1. The standard InChI is InChI=1S/C12H18N2O3/c1-4-14-8(2)7-10(9(14)3)12(17)13-6-5-11(15)16/h7H,4-6H2,1-3H3,(H,13,17)(H,15,16). The molecule has 0 unspecified atom stereocenters. The molecule has 0 bridgehead atoms. The van der Waals surface area contributed by atoms with E-state index in [0.29, 0.717) is 5.56 Å². The second-order valence-electron chi connectivity index (χ2n) is 3.93. The molecule has 2 N–H and O–H groups in total. The van der Waals surface area contributed by atoms with Gasteiger partial charge in [-0.3, -0.25) is 9.59 Å². The predicted molar refractivity (Wildman–Crippen MR) is 64.2 cm³/mol. The highest BCUT2D eigenvalue weighted by Gasteiger charge is 2.14. The second kappa shape index (κ2) is 5.52. The van der Waals surface area contributed by atoms with Gasteiger partial charge in [0, 0.05) is 24.5 Å². The third-order valence-corrected chi connectivity index (χ3v) is 2.76. The molecule has 0 fully saturated rings.